The Kier molecular flexibility index (Phi) is 11.7. The van der Waals surface area contributed by atoms with E-state index in [-0.39, 0.29) is 0 Å². The van der Waals surface area contributed by atoms with Gasteiger partial charge >= 0.3 is 0 Å². The number of hydrogen-bond acceptors (Lipinski definition) is 2. The van der Waals surface area contributed by atoms with Crippen molar-refractivity contribution in [1.82, 2.24) is 0 Å². The molecule has 0 saturated carbocycles. The van der Waals surface area contributed by atoms with Crippen LogP contribution in [-0.2, 0) is 9.47 Å². The van der Waals surface area contributed by atoms with Gasteiger partial charge in [-0.05, 0) is 12.8 Å². The van der Waals surface area contributed by atoms with Crippen molar-refractivity contribution in [2.75, 3.05) is 26.4 Å². The van der Waals surface area contributed by atoms with Crippen LogP contribution in [0, 0.1) is 0 Å². The Morgan fingerprint density at radius 1 is 0.667 bits per heavy atom. The molecule has 0 amide bonds. The number of hydrogen-bond donors (Lipinski definition) is 0. The third-order valence-electron chi connectivity index (χ3n) is 1.66. The molecule has 2 nitrogen and oxygen atoms in total. The maximum absolute atomic E-state index is 5.36. The maximum Gasteiger partial charge on any atom is 0.0700 e. The maximum atomic E-state index is 5.36. The fourth-order valence-corrected chi connectivity index (χ4v) is 1.39. The minimum atomic E-state index is 0.780. The molecule has 74 valence electrons. The van der Waals surface area contributed by atoms with Crippen LogP contribution in [-0.4, -0.2) is 46.9 Å². The van der Waals surface area contributed by atoms with Gasteiger partial charge in [0.25, 0.3) is 0 Å². The van der Waals surface area contributed by atoms with Crippen molar-refractivity contribution in [3.05, 3.63) is 0 Å². The van der Waals surface area contributed by atoms with Crippen molar-refractivity contribution >= 4 is 20.5 Å². The monoisotopic (exact) mass is 206 g/mol. The molecule has 0 aromatic rings. The lowest BCUT2D eigenvalue weighted by atomic mass is 10.5. The summed E-state index contributed by atoms with van der Waals surface area (Å²) in [5, 5.41) is 0. The molecular formula is C8H22O2Si2. The molecule has 0 aliphatic rings. The Labute approximate surface area is 81.9 Å². The Morgan fingerprint density at radius 3 is 1.42 bits per heavy atom. The highest BCUT2D eigenvalue weighted by Crippen LogP contribution is 1.88. The molecule has 0 spiro atoms. The molecule has 0 aliphatic carbocycles. The van der Waals surface area contributed by atoms with E-state index in [1.807, 2.05) is 0 Å². The van der Waals surface area contributed by atoms with Gasteiger partial charge in [0.2, 0.25) is 0 Å². The Morgan fingerprint density at radius 2 is 1.08 bits per heavy atom. The second-order valence-corrected chi connectivity index (χ2v) is 4.93. The van der Waals surface area contributed by atoms with E-state index in [9.17, 15) is 0 Å². The van der Waals surface area contributed by atoms with Crippen molar-refractivity contribution in [2.24, 2.45) is 0 Å². The highest BCUT2D eigenvalue weighted by molar-refractivity contribution is 6.08. The third kappa shape index (κ3) is 10.4. The van der Waals surface area contributed by atoms with Crippen LogP contribution in [0.4, 0.5) is 0 Å². The number of ether oxygens (including phenoxy) is 2. The zero-order valence-electron chi connectivity index (χ0n) is 8.47. The van der Waals surface area contributed by atoms with Gasteiger partial charge in [-0.15, -0.1) is 0 Å². The predicted molar refractivity (Wildman–Crippen MR) is 60.4 cm³/mol. The zero-order chi connectivity index (χ0) is 9.07. The van der Waals surface area contributed by atoms with Crippen LogP contribution in [0.5, 0.6) is 0 Å². The zero-order valence-corrected chi connectivity index (χ0v) is 12.5. The highest BCUT2D eigenvalue weighted by Gasteiger charge is 1.88. The minimum absolute atomic E-state index is 0.780. The van der Waals surface area contributed by atoms with E-state index in [2.05, 4.69) is 0 Å². The first-order chi connectivity index (χ1) is 5.91. The van der Waals surface area contributed by atoms with E-state index in [0.29, 0.717) is 0 Å². The van der Waals surface area contributed by atoms with Gasteiger partial charge in [0.05, 0.1) is 13.2 Å². The molecule has 0 aliphatic heterocycles. The van der Waals surface area contributed by atoms with E-state index in [4.69, 9.17) is 9.47 Å². The molecule has 0 N–H and O–H groups in total. The molecule has 0 heterocycles. The van der Waals surface area contributed by atoms with E-state index in [1.54, 1.807) is 0 Å². The summed E-state index contributed by atoms with van der Waals surface area (Å²) in [5.74, 6) is 0. The summed E-state index contributed by atoms with van der Waals surface area (Å²) in [4.78, 5) is 0. The third-order valence-corrected chi connectivity index (χ3v) is 3.07. The summed E-state index contributed by atoms with van der Waals surface area (Å²) in [5.41, 5.74) is 0. The average molecular weight is 206 g/mol. The van der Waals surface area contributed by atoms with E-state index >= 15 is 0 Å². The molecule has 0 aromatic carbocycles. The SMILES string of the molecule is [SiH3]CCCOCCOCCC[SiH3]. The summed E-state index contributed by atoms with van der Waals surface area (Å²) in [6, 6.07) is 2.70. The largest absolute Gasteiger partial charge is 0.379 e. The lowest BCUT2D eigenvalue weighted by molar-refractivity contribution is 0.0483. The summed E-state index contributed by atoms with van der Waals surface area (Å²) < 4.78 is 10.7. The molecule has 12 heavy (non-hydrogen) atoms. The molecule has 0 aromatic heterocycles. The molecular weight excluding hydrogens is 184 g/mol. The van der Waals surface area contributed by atoms with Crippen LogP contribution in [0.25, 0.3) is 0 Å². The molecule has 0 bridgehead atoms. The Balaban J connectivity index is 2.73. The van der Waals surface area contributed by atoms with Crippen LogP contribution in [0.15, 0.2) is 0 Å². The van der Waals surface area contributed by atoms with Gasteiger partial charge in [0.15, 0.2) is 0 Å². The van der Waals surface area contributed by atoms with Crippen LogP contribution in [0.3, 0.4) is 0 Å². The minimum Gasteiger partial charge on any atom is -0.379 e. The van der Waals surface area contributed by atoms with E-state index < -0.39 is 0 Å². The van der Waals surface area contributed by atoms with Gasteiger partial charge in [0.1, 0.15) is 0 Å². The molecule has 0 radical (unpaired) electrons. The molecule has 0 fully saturated rings. The molecule has 0 saturated heterocycles. The fourth-order valence-electron chi connectivity index (χ4n) is 0.815. The first-order valence-corrected chi connectivity index (χ1v) is 7.90. The van der Waals surface area contributed by atoms with Crippen LogP contribution in [0.1, 0.15) is 12.8 Å². The second kappa shape index (κ2) is 11.4. The van der Waals surface area contributed by atoms with Crippen LogP contribution >= 0.6 is 0 Å². The summed E-state index contributed by atoms with van der Waals surface area (Å²) in [7, 11) is 2.60. The fraction of sp³-hybridized carbons (Fsp3) is 1.00. The number of rotatable bonds is 9. The predicted octanol–water partition coefficient (Wildman–Crippen LogP) is -0.633. The van der Waals surface area contributed by atoms with Crippen molar-refractivity contribution < 1.29 is 9.47 Å². The second-order valence-electron chi connectivity index (χ2n) is 2.93. The molecule has 4 heteroatoms. The van der Waals surface area contributed by atoms with E-state index in [0.717, 1.165) is 26.4 Å². The van der Waals surface area contributed by atoms with Crippen LogP contribution < -0.4 is 0 Å². The van der Waals surface area contributed by atoms with Crippen molar-refractivity contribution in [3.63, 3.8) is 0 Å². The van der Waals surface area contributed by atoms with Gasteiger partial charge < -0.3 is 9.47 Å². The van der Waals surface area contributed by atoms with Gasteiger partial charge in [0, 0.05) is 33.7 Å². The molecule has 0 rings (SSSR count). The summed E-state index contributed by atoms with van der Waals surface area (Å²) in [6.07, 6.45) is 2.46. The Bertz CT molecular complexity index is 71.5. The normalized spacial score (nSPS) is 11.0. The molecule has 0 atom stereocenters. The summed E-state index contributed by atoms with van der Waals surface area (Å²) in [6.45, 7) is 3.41. The molecule has 0 unspecified atom stereocenters. The quantitative estimate of drug-likeness (QED) is 0.369. The smallest absolute Gasteiger partial charge is 0.0700 e. The van der Waals surface area contributed by atoms with Crippen molar-refractivity contribution in [3.8, 4) is 0 Å². The van der Waals surface area contributed by atoms with Crippen LogP contribution in [0.2, 0.25) is 12.1 Å². The van der Waals surface area contributed by atoms with E-state index in [1.165, 1.54) is 45.4 Å². The highest BCUT2D eigenvalue weighted by atomic mass is 28.1. The first kappa shape index (κ1) is 12.4. The first-order valence-electron chi connectivity index (χ1n) is 5.07. The van der Waals surface area contributed by atoms with Gasteiger partial charge in [-0.25, -0.2) is 0 Å². The average Bonchev–Trinajstić information content (AvgIpc) is 2.10. The van der Waals surface area contributed by atoms with Gasteiger partial charge in [-0.1, -0.05) is 12.1 Å². The summed E-state index contributed by atoms with van der Waals surface area (Å²) >= 11 is 0. The lowest BCUT2D eigenvalue weighted by Crippen LogP contribution is -2.05. The Hall–Kier alpha value is 0.354. The van der Waals surface area contributed by atoms with Crippen molar-refractivity contribution in [1.29, 1.82) is 0 Å². The van der Waals surface area contributed by atoms with Gasteiger partial charge in [-0.3, -0.25) is 0 Å². The lowest BCUT2D eigenvalue weighted by Gasteiger charge is -2.03. The topological polar surface area (TPSA) is 18.5 Å². The van der Waals surface area contributed by atoms with Gasteiger partial charge in [-0.2, -0.15) is 0 Å². The standard InChI is InChI=1S/C8H22O2Si2/c11-7-1-3-9-5-6-10-4-2-8-12/h1-8H2,11-12H3. The van der Waals surface area contributed by atoms with Crippen molar-refractivity contribution in [2.45, 2.75) is 24.9 Å².